The van der Waals surface area contributed by atoms with Gasteiger partial charge in [0.05, 0.1) is 21.9 Å². The lowest BCUT2D eigenvalue weighted by Gasteiger charge is -2.06. The average Bonchev–Trinajstić information content (AvgIpc) is 2.64. The van der Waals surface area contributed by atoms with E-state index in [1.807, 2.05) is 0 Å². The number of fused-ring (bicyclic) bond motifs is 1. The number of primary amides is 1. The van der Waals surface area contributed by atoms with Gasteiger partial charge in [0, 0.05) is 19.0 Å². The van der Waals surface area contributed by atoms with E-state index < -0.39 is 11.7 Å². The van der Waals surface area contributed by atoms with Crippen molar-refractivity contribution in [3.63, 3.8) is 0 Å². The molecule has 0 spiro atoms. The number of alkyl halides is 1. The third kappa shape index (κ3) is 2.42. The number of carbonyl (C=O) groups excluding carboxylic acids is 1. The van der Waals surface area contributed by atoms with E-state index in [4.69, 9.17) is 28.9 Å². The summed E-state index contributed by atoms with van der Waals surface area (Å²) in [4.78, 5) is 15.1. The SMILES string of the molecule is NC(=O)CCn1c(CCl)nc2cc(Cl)c(F)cc21. The average molecular weight is 290 g/mol. The van der Waals surface area contributed by atoms with Crippen LogP contribution in [-0.4, -0.2) is 15.5 Å². The number of imidazole rings is 1. The fourth-order valence-corrected chi connectivity index (χ4v) is 2.11. The number of aryl methyl sites for hydroxylation is 1. The summed E-state index contributed by atoms with van der Waals surface area (Å²) in [5, 5.41) is 0.00294. The van der Waals surface area contributed by atoms with Gasteiger partial charge in [0.2, 0.25) is 5.91 Å². The van der Waals surface area contributed by atoms with Gasteiger partial charge in [0.15, 0.2) is 0 Å². The van der Waals surface area contributed by atoms with Gasteiger partial charge in [-0.15, -0.1) is 11.6 Å². The highest BCUT2D eigenvalue weighted by atomic mass is 35.5. The van der Waals surface area contributed by atoms with E-state index in [2.05, 4.69) is 4.98 Å². The zero-order valence-electron chi connectivity index (χ0n) is 9.29. The number of amides is 1. The van der Waals surface area contributed by atoms with E-state index >= 15 is 0 Å². The fourth-order valence-electron chi connectivity index (χ4n) is 1.74. The topological polar surface area (TPSA) is 60.9 Å². The second-order valence-corrected chi connectivity index (χ2v) is 4.46. The van der Waals surface area contributed by atoms with Crippen molar-refractivity contribution in [2.75, 3.05) is 0 Å². The van der Waals surface area contributed by atoms with Gasteiger partial charge in [-0.3, -0.25) is 4.79 Å². The fraction of sp³-hybridized carbons (Fsp3) is 0.273. The highest BCUT2D eigenvalue weighted by molar-refractivity contribution is 6.31. The maximum absolute atomic E-state index is 13.4. The molecule has 0 fully saturated rings. The van der Waals surface area contributed by atoms with Crippen molar-refractivity contribution in [2.24, 2.45) is 5.73 Å². The third-order valence-electron chi connectivity index (χ3n) is 2.57. The number of halogens is 3. The number of rotatable bonds is 4. The van der Waals surface area contributed by atoms with Crippen LogP contribution in [0.1, 0.15) is 12.2 Å². The van der Waals surface area contributed by atoms with Crippen LogP contribution < -0.4 is 5.73 Å². The normalized spacial score (nSPS) is 11.1. The summed E-state index contributed by atoms with van der Waals surface area (Å²) in [5.74, 6) is -0.265. The molecule has 1 amide bonds. The van der Waals surface area contributed by atoms with Gasteiger partial charge in [-0.05, 0) is 6.07 Å². The second-order valence-electron chi connectivity index (χ2n) is 3.78. The first-order valence-corrected chi connectivity index (χ1v) is 6.12. The molecular formula is C11H10Cl2FN3O. The zero-order chi connectivity index (χ0) is 13.3. The Kier molecular flexibility index (Phi) is 3.73. The van der Waals surface area contributed by atoms with Crippen molar-refractivity contribution in [1.29, 1.82) is 0 Å². The molecule has 0 atom stereocenters. The Balaban J connectivity index is 2.53. The first kappa shape index (κ1) is 13.1. The van der Waals surface area contributed by atoms with Gasteiger partial charge in [0.25, 0.3) is 0 Å². The highest BCUT2D eigenvalue weighted by Crippen LogP contribution is 2.24. The molecule has 0 aliphatic heterocycles. The lowest BCUT2D eigenvalue weighted by Crippen LogP contribution is -2.14. The van der Waals surface area contributed by atoms with E-state index in [-0.39, 0.29) is 17.3 Å². The van der Waals surface area contributed by atoms with E-state index in [0.29, 0.717) is 23.4 Å². The molecule has 0 radical (unpaired) electrons. The lowest BCUT2D eigenvalue weighted by atomic mass is 10.3. The van der Waals surface area contributed by atoms with Gasteiger partial charge in [0.1, 0.15) is 11.6 Å². The maximum Gasteiger partial charge on any atom is 0.219 e. The molecule has 1 aromatic heterocycles. The molecule has 0 unspecified atom stereocenters. The largest absolute Gasteiger partial charge is 0.370 e. The second kappa shape index (κ2) is 5.12. The zero-order valence-corrected chi connectivity index (χ0v) is 10.8. The number of hydrogen-bond acceptors (Lipinski definition) is 2. The molecule has 2 N–H and O–H groups in total. The van der Waals surface area contributed by atoms with Crippen LogP contribution in [0.25, 0.3) is 11.0 Å². The molecule has 0 aliphatic rings. The molecular weight excluding hydrogens is 280 g/mol. The third-order valence-corrected chi connectivity index (χ3v) is 3.10. The smallest absolute Gasteiger partial charge is 0.219 e. The Morgan fingerprint density at radius 3 is 2.83 bits per heavy atom. The summed E-state index contributed by atoms with van der Waals surface area (Å²) in [6.07, 6.45) is 0.138. The number of benzene rings is 1. The van der Waals surface area contributed by atoms with E-state index in [0.717, 1.165) is 0 Å². The van der Waals surface area contributed by atoms with Gasteiger partial charge in [-0.1, -0.05) is 11.6 Å². The number of aromatic nitrogens is 2. The maximum atomic E-state index is 13.4. The lowest BCUT2D eigenvalue weighted by molar-refractivity contribution is -0.118. The molecule has 2 rings (SSSR count). The Labute approximate surface area is 112 Å². The van der Waals surface area contributed by atoms with Crippen molar-refractivity contribution >= 4 is 40.1 Å². The van der Waals surface area contributed by atoms with E-state index in [1.54, 1.807) is 4.57 Å². The van der Waals surface area contributed by atoms with Crippen LogP contribution in [-0.2, 0) is 17.2 Å². The monoisotopic (exact) mass is 289 g/mol. The van der Waals surface area contributed by atoms with Crippen molar-refractivity contribution in [3.05, 3.63) is 28.8 Å². The molecule has 1 aromatic carbocycles. The molecule has 4 nitrogen and oxygen atoms in total. The van der Waals surface area contributed by atoms with Crippen molar-refractivity contribution in [3.8, 4) is 0 Å². The summed E-state index contributed by atoms with van der Waals surface area (Å²) >= 11 is 11.5. The number of carbonyl (C=O) groups is 1. The van der Waals surface area contributed by atoms with Crippen LogP contribution in [0.3, 0.4) is 0 Å². The highest BCUT2D eigenvalue weighted by Gasteiger charge is 2.13. The summed E-state index contributed by atoms with van der Waals surface area (Å²) in [7, 11) is 0. The minimum Gasteiger partial charge on any atom is -0.370 e. The molecule has 0 bridgehead atoms. The van der Waals surface area contributed by atoms with Crippen LogP contribution in [0.2, 0.25) is 5.02 Å². The Morgan fingerprint density at radius 2 is 2.22 bits per heavy atom. The Morgan fingerprint density at radius 1 is 1.50 bits per heavy atom. The minimum atomic E-state index is -0.537. The number of nitrogens with zero attached hydrogens (tertiary/aromatic N) is 2. The minimum absolute atomic E-state index is 0.00294. The van der Waals surface area contributed by atoms with Gasteiger partial charge in [-0.2, -0.15) is 0 Å². The quantitative estimate of drug-likeness (QED) is 0.879. The molecule has 0 saturated carbocycles. The molecule has 2 aromatic rings. The summed E-state index contributed by atoms with van der Waals surface area (Å²) in [6.45, 7) is 0.314. The first-order valence-electron chi connectivity index (χ1n) is 5.21. The Bertz CT molecular complexity index is 612. The predicted molar refractivity (Wildman–Crippen MR) is 68.1 cm³/mol. The molecule has 0 aliphatic carbocycles. The molecule has 7 heteroatoms. The Hall–Kier alpha value is -1.33. The number of hydrogen-bond donors (Lipinski definition) is 1. The number of nitrogens with two attached hydrogens (primary N) is 1. The van der Waals surface area contributed by atoms with Gasteiger partial charge >= 0.3 is 0 Å². The van der Waals surface area contributed by atoms with Crippen LogP contribution in [0.4, 0.5) is 4.39 Å². The van der Waals surface area contributed by atoms with Crippen molar-refractivity contribution in [2.45, 2.75) is 18.8 Å². The van der Waals surface area contributed by atoms with Crippen LogP contribution >= 0.6 is 23.2 Å². The van der Waals surface area contributed by atoms with Gasteiger partial charge in [-0.25, -0.2) is 9.37 Å². The molecule has 96 valence electrons. The summed E-state index contributed by atoms with van der Waals surface area (Å²) < 4.78 is 15.1. The molecule has 18 heavy (non-hydrogen) atoms. The van der Waals surface area contributed by atoms with Crippen LogP contribution in [0.5, 0.6) is 0 Å². The summed E-state index contributed by atoms with van der Waals surface area (Å²) in [6, 6.07) is 2.71. The molecule has 0 saturated heterocycles. The van der Waals surface area contributed by atoms with Crippen LogP contribution in [0, 0.1) is 5.82 Å². The first-order chi connectivity index (χ1) is 8.52. The van der Waals surface area contributed by atoms with Crippen LogP contribution in [0.15, 0.2) is 12.1 Å². The van der Waals surface area contributed by atoms with Gasteiger partial charge < -0.3 is 10.3 Å². The van der Waals surface area contributed by atoms with E-state index in [9.17, 15) is 9.18 Å². The van der Waals surface area contributed by atoms with Crippen molar-refractivity contribution in [1.82, 2.24) is 9.55 Å². The molecule has 1 heterocycles. The summed E-state index contributed by atoms with van der Waals surface area (Å²) in [5.41, 5.74) is 6.19. The predicted octanol–water partition coefficient (Wildman–Crippen LogP) is 2.44. The van der Waals surface area contributed by atoms with Crippen molar-refractivity contribution < 1.29 is 9.18 Å². The van der Waals surface area contributed by atoms with E-state index in [1.165, 1.54) is 12.1 Å². The standard InChI is InChI=1S/C11H10Cl2FN3O/c12-5-11-16-8-3-6(13)7(14)4-9(8)17(11)2-1-10(15)18/h3-4H,1-2,5H2,(H2,15,18).